The molecule has 8 nitrogen and oxygen atoms in total. The molecule has 204 valence electrons. The molecule has 5 rings (SSSR count). The molecule has 2 aromatic carbocycles. The van der Waals surface area contributed by atoms with Gasteiger partial charge in [-0.3, -0.25) is 14.5 Å². The van der Waals surface area contributed by atoms with Crippen molar-refractivity contribution in [1.29, 1.82) is 0 Å². The highest BCUT2D eigenvalue weighted by Gasteiger charge is 2.40. The van der Waals surface area contributed by atoms with Crippen LogP contribution in [-0.2, 0) is 32.6 Å². The normalized spacial score (nSPS) is 22.9. The molecule has 0 spiro atoms. The predicted molar refractivity (Wildman–Crippen MR) is 146 cm³/mol. The van der Waals surface area contributed by atoms with Crippen LogP contribution >= 0.6 is 11.6 Å². The number of likely N-dealkylation sites (tertiary alicyclic amines) is 1. The van der Waals surface area contributed by atoms with E-state index in [2.05, 4.69) is 33.7 Å². The van der Waals surface area contributed by atoms with Gasteiger partial charge in [0.25, 0.3) is 0 Å². The third-order valence-electron chi connectivity index (χ3n) is 7.80. The van der Waals surface area contributed by atoms with E-state index in [1.807, 2.05) is 0 Å². The minimum atomic E-state index is -4.06. The minimum absolute atomic E-state index is 0.0664. The van der Waals surface area contributed by atoms with Gasteiger partial charge in [-0.25, -0.2) is 8.42 Å². The number of piperazine rings is 1. The van der Waals surface area contributed by atoms with Crippen LogP contribution in [0, 0.1) is 0 Å². The van der Waals surface area contributed by atoms with Gasteiger partial charge in [-0.1, -0.05) is 48.4 Å². The molecule has 38 heavy (non-hydrogen) atoms. The van der Waals surface area contributed by atoms with Crippen molar-refractivity contribution in [2.24, 2.45) is 0 Å². The molecule has 3 aliphatic rings. The van der Waals surface area contributed by atoms with Gasteiger partial charge >= 0.3 is 0 Å². The largest absolute Gasteiger partial charge is 0.353 e. The maximum atomic E-state index is 13.4. The lowest BCUT2D eigenvalue weighted by molar-refractivity contribution is -0.132. The van der Waals surface area contributed by atoms with Gasteiger partial charge in [-0.05, 0) is 74.0 Å². The third kappa shape index (κ3) is 5.91. The predicted octanol–water partition coefficient (Wildman–Crippen LogP) is 3.40. The number of piperidine rings is 1. The first kappa shape index (κ1) is 27.1. The van der Waals surface area contributed by atoms with Crippen molar-refractivity contribution in [2.75, 3.05) is 26.2 Å². The summed E-state index contributed by atoms with van der Waals surface area (Å²) in [5.41, 5.74) is 3.67. The topological polar surface area (TPSA) is 98.8 Å². The maximum Gasteiger partial charge on any atom is 0.245 e. The van der Waals surface area contributed by atoms with E-state index >= 15 is 0 Å². The second-order valence-electron chi connectivity index (χ2n) is 10.4. The number of halogens is 1. The number of carbonyl (C=O) groups is 2. The fraction of sp³-hybridized carbons (Fsp3) is 0.500. The molecule has 2 heterocycles. The Hall–Kier alpha value is -2.46. The number of fused-ring (bicyclic) bond motifs is 1. The van der Waals surface area contributed by atoms with E-state index in [9.17, 15) is 18.0 Å². The first-order valence-electron chi connectivity index (χ1n) is 13.5. The highest BCUT2D eigenvalue weighted by Crippen LogP contribution is 2.32. The van der Waals surface area contributed by atoms with Gasteiger partial charge in [0.2, 0.25) is 21.8 Å². The Kier molecular flexibility index (Phi) is 8.38. The van der Waals surface area contributed by atoms with Gasteiger partial charge in [0.05, 0.1) is 17.5 Å². The number of hydrogen-bond donors (Lipinski definition) is 2. The molecule has 2 atom stereocenters. The highest BCUT2D eigenvalue weighted by molar-refractivity contribution is 7.89. The smallest absolute Gasteiger partial charge is 0.245 e. The number of hydrogen-bond acceptors (Lipinski definition) is 5. The number of sulfonamides is 1. The first-order chi connectivity index (χ1) is 18.3. The quantitative estimate of drug-likeness (QED) is 0.543. The molecular weight excluding hydrogens is 524 g/mol. The van der Waals surface area contributed by atoms with E-state index in [0.29, 0.717) is 0 Å². The standard InChI is InChI=1S/C28H35ClN4O4S/c29-23-8-2-3-10-26(23)38(36,37)33-16-13-30-28(35)25(33)18-27(34)31-24-9-6-7-21-17-20(11-12-22(21)24)19-32-14-4-1-5-15-32/h2-3,8,10-12,17,24-25H,1,4-7,9,13-16,18-19H2,(H,30,35)(H,31,34)/t24-,25?/m1/s1. The Labute approximate surface area is 229 Å². The first-order valence-corrected chi connectivity index (χ1v) is 15.3. The number of nitrogens with one attached hydrogen (secondary N) is 2. The molecule has 0 radical (unpaired) electrons. The summed E-state index contributed by atoms with van der Waals surface area (Å²) in [4.78, 5) is 28.4. The van der Waals surface area contributed by atoms with Crippen molar-refractivity contribution in [1.82, 2.24) is 19.8 Å². The zero-order valence-electron chi connectivity index (χ0n) is 21.5. The van der Waals surface area contributed by atoms with E-state index in [1.165, 1.54) is 42.5 Å². The number of benzene rings is 2. The fourth-order valence-corrected chi connectivity index (χ4v) is 7.96. The lowest BCUT2D eigenvalue weighted by Gasteiger charge is -2.34. The van der Waals surface area contributed by atoms with Crippen molar-refractivity contribution in [3.63, 3.8) is 0 Å². The third-order valence-corrected chi connectivity index (χ3v) is 10.2. The van der Waals surface area contributed by atoms with Crippen LogP contribution in [0.15, 0.2) is 47.4 Å². The summed E-state index contributed by atoms with van der Waals surface area (Å²) >= 11 is 6.17. The molecular formula is C28H35ClN4O4S. The van der Waals surface area contributed by atoms with Crippen LogP contribution in [0.4, 0.5) is 0 Å². The average molecular weight is 559 g/mol. The molecule has 2 fully saturated rings. The van der Waals surface area contributed by atoms with Gasteiger partial charge < -0.3 is 10.6 Å². The molecule has 1 aliphatic carbocycles. The molecule has 1 unspecified atom stereocenters. The van der Waals surface area contributed by atoms with Crippen LogP contribution in [-0.4, -0.2) is 61.7 Å². The molecule has 2 aliphatic heterocycles. The van der Waals surface area contributed by atoms with Gasteiger partial charge in [-0.15, -0.1) is 0 Å². The minimum Gasteiger partial charge on any atom is -0.353 e. The molecule has 2 saturated heterocycles. The summed E-state index contributed by atoms with van der Waals surface area (Å²) in [6.07, 6.45) is 6.32. The molecule has 2 amide bonds. The molecule has 10 heteroatoms. The second kappa shape index (κ2) is 11.7. The Morgan fingerprint density at radius 3 is 2.63 bits per heavy atom. The SMILES string of the molecule is O=C(CC1C(=O)NCCN1S(=O)(=O)c1ccccc1Cl)N[C@@H]1CCCc2cc(CN3CCCCC3)ccc21. The van der Waals surface area contributed by atoms with Crippen molar-refractivity contribution in [3.05, 3.63) is 64.2 Å². The number of aryl methyl sites for hydroxylation is 1. The zero-order valence-corrected chi connectivity index (χ0v) is 23.1. The summed E-state index contributed by atoms with van der Waals surface area (Å²) in [5.74, 6) is -0.824. The number of carbonyl (C=O) groups excluding carboxylic acids is 2. The van der Waals surface area contributed by atoms with Gasteiger partial charge in [-0.2, -0.15) is 4.31 Å². The number of rotatable bonds is 7. The lowest BCUT2D eigenvalue weighted by atomic mass is 9.86. The second-order valence-corrected chi connectivity index (χ2v) is 12.7. The van der Waals surface area contributed by atoms with Gasteiger partial charge in [0.15, 0.2) is 0 Å². The summed E-state index contributed by atoms with van der Waals surface area (Å²) < 4.78 is 27.9. The number of amides is 2. The molecule has 0 saturated carbocycles. The summed E-state index contributed by atoms with van der Waals surface area (Å²) in [7, 11) is -4.06. The van der Waals surface area contributed by atoms with Crippen molar-refractivity contribution in [3.8, 4) is 0 Å². The summed E-state index contributed by atoms with van der Waals surface area (Å²) in [6, 6.07) is 11.4. The van der Waals surface area contributed by atoms with Crippen LogP contribution in [0.2, 0.25) is 5.02 Å². The molecule has 0 bridgehead atoms. The average Bonchev–Trinajstić information content (AvgIpc) is 2.90. The van der Waals surface area contributed by atoms with E-state index in [4.69, 9.17) is 11.6 Å². The zero-order chi connectivity index (χ0) is 26.7. The van der Waals surface area contributed by atoms with Crippen LogP contribution in [0.1, 0.15) is 61.3 Å². The van der Waals surface area contributed by atoms with Crippen LogP contribution < -0.4 is 10.6 Å². The fourth-order valence-electron chi connectivity index (χ4n) is 5.88. The van der Waals surface area contributed by atoms with E-state index < -0.39 is 22.0 Å². The highest BCUT2D eigenvalue weighted by atomic mass is 35.5. The maximum absolute atomic E-state index is 13.4. The summed E-state index contributed by atoms with van der Waals surface area (Å²) in [5, 5.41) is 5.88. The van der Waals surface area contributed by atoms with E-state index in [1.54, 1.807) is 12.1 Å². The Balaban J connectivity index is 1.28. The van der Waals surface area contributed by atoms with Gasteiger partial charge in [0.1, 0.15) is 10.9 Å². The molecule has 0 aromatic heterocycles. The van der Waals surface area contributed by atoms with E-state index in [0.717, 1.165) is 48.8 Å². The lowest BCUT2D eigenvalue weighted by Crippen LogP contribution is -2.58. The van der Waals surface area contributed by atoms with Gasteiger partial charge in [0, 0.05) is 19.6 Å². The summed E-state index contributed by atoms with van der Waals surface area (Å²) in [6.45, 7) is 3.50. The van der Waals surface area contributed by atoms with Crippen molar-refractivity contribution < 1.29 is 18.0 Å². The van der Waals surface area contributed by atoms with Crippen LogP contribution in [0.3, 0.4) is 0 Å². The monoisotopic (exact) mass is 558 g/mol. The van der Waals surface area contributed by atoms with Crippen molar-refractivity contribution >= 4 is 33.4 Å². The number of nitrogens with zero attached hydrogens (tertiary/aromatic N) is 2. The van der Waals surface area contributed by atoms with Crippen molar-refractivity contribution in [2.45, 2.75) is 68.5 Å². The van der Waals surface area contributed by atoms with Crippen LogP contribution in [0.5, 0.6) is 0 Å². The Morgan fingerprint density at radius 2 is 1.84 bits per heavy atom. The van der Waals surface area contributed by atoms with E-state index in [-0.39, 0.29) is 41.4 Å². The Morgan fingerprint density at radius 1 is 1.05 bits per heavy atom. The van der Waals surface area contributed by atoms with Crippen LogP contribution in [0.25, 0.3) is 0 Å². The molecule has 2 aromatic rings. The molecule has 2 N–H and O–H groups in total. The Bertz CT molecular complexity index is 1300.